The van der Waals surface area contributed by atoms with Crippen molar-refractivity contribution in [2.45, 2.75) is 39.0 Å². The third-order valence-corrected chi connectivity index (χ3v) is 5.00. The highest BCUT2D eigenvalue weighted by Gasteiger charge is 2.21. The number of nitrogens with zero attached hydrogens (tertiary/aromatic N) is 2. The molecule has 6 nitrogen and oxygen atoms in total. The van der Waals surface area contributed by atoms with E-state index in [1.54, 1.807) is 6.07 Å². The summed E-state index contributed by atoms with van der Waals surface area (Å²) >= 11 is 0. The van der Waals surface area contributed by atoms with Crippen molar-refractivity contribution in [1.82, 2.24) is 0 Å². The second-order valence-electron chi connectivity index (χ2n) is 6.86. The number of nitro benzene ring substituents is 1. The highest BCUT2D eigenvalue weighted by Crippen LogP contribution is 2.28. The van der Waals surface area contributed by atoms with Crippen LogP contribution in [0.2, 0.25) is 0 Å². The maximum absolute atomic E-state index is 12.9. The van der Waals surface area contributed by atoms with Crippen molar-refractivity contribution in [3.63, 3.8) is 0 Å². The molecule has 2 aromatic carbocycles. The monoisotopic (exact) mass is 367 g/mol. The molecule has 2 aromatic rings. The van der Waals surface area contributed by atoms with Gasteiger partial charge in [0.15, 0.2) is 0 Å². The van der Waals surface area contributed by atoms with Crippen LogP contribution < -0.4 is 10.2 Å². The Morgan fingerprint density at radius 2 is 1.74 bits per heavy atom. The lowest BCUT2D eigenvalue weighted by Gasteiger charge is -2.25. The molecule has 0 saturated carbocycles. The molecule has 0 atom stereocenters. The summed E-state index contributed by atoms with van der Waals surface area (Å²) in [7, 11) is 0. The summed E-state index contributed by atoms with van der Waals surface area (Å²) in [6.45, 7) is 3.80. The van der Waals surface area contributed by atoms with Crippen molar-refractivity contribution in [2.24, 2.45) is 0 Å². The second-order valence-corrected chi connectivity index (χ2v) is 6.86. The predicted molar refractivity (Wildman–Crippen MR) is 108 cm³/mol. The van der Waals surface area contributed by atoms with Gasteiger partial charge in [0.1, 0.15) is 0 Å². The SMILES string of the molecule is CCc1ccc(NC(=O)c2cc([N+](=O)[O-])ccc2N2CCCCCC2)cc1. The minimum Gasteiger partial charge on any atom is -0.371 e. The maximum atomic E-state index is 12.9. The Balaban J connectivity index is 1.90. The van der Waals surface area contributed by atoms with Crippen molar-refractivity contribution >= 4 is 23.0 Å². The van der Waals surface area contributed by atoms with Gasteiger partial charge in [-0.3, -0.25) is 14.9 Å². The van der Waals surface area contributed by atoms with Crippen LogP contribution in [0.5, 0.6) is 0 Å². The van der Waals surface area contributed by atoms with E-state index >= 15 is 0 Å². The predicted octanol–water partition coefficient (Wildman–Crippen LogP) is 4.79. The Bertz CT molecular complexity index is 810. The molecule has 1 aliphatic heterocycles. The number of benzene rings is 2. The molecule has 0 aliphatic carbocycles. The molecule has 0 bridgehead atoms. The molecule has 1 fully saturated rings. The van der Waals surface area contributed by atoms with Gasteiger partial charge in [-0.25, -0.2) is 0 Å². The first kappa shape index (κ1) is 18.9. The van der Waals surface area contributed by atoms with E-state index in [0.29, 0.717) is 11.3 Å². The first-order valence-corrected chi connectivity index (χ1v) is 9.52. The number of carbonyl (C=O) groups is 1. The molecule has 0 unspecified atom stereocenters. The number of aryl methyl sites for hydroxylation is 1. The third-order valence-electron chi connectivity index (χ3n) is 5.00. The Labute approximate surface area is 159 Å². The number of hydrogen-bond donors (Lipinski definition) is 1. The molecule has 0 aromatic heterocycles. The zero-order valence-electron chi connectivity index (χ0n) is 15.6. The smallest absolute Gasteiger partial charge is 0.270 e. The topological polar surface area (TPSA) is 75.5 Å². The van der Waals surface area contributed by atoms with Crippen molar-refractivity contribution in [2.75, 3.05) is 23.3 Å². The standard InChI is InChI=1S/C21H25N3O3/c1-2-16-7-9-17(10-8-16)22-21(25)19-15-18(24(26)27)11-12-20(19)23-13-5-3-4-6-14-23/h7-12,15H,2-6,13-14H2,1H3,(H,22,25). The molecule has 142 valence electrons. The van der Waals surface area contributed by atoms with Gasteiger partial charge >= 0.3 is 0 Å². The van der Waals surface area contributed by atoms with Gasteiger partial charge in [-0.1, -0.05) is 31.9 Å². The van der Waals surface area contributed by atoms with Crippen molar-refractivity contribution < 1.29 is 9.72 Å². The summed E-state index contributed by atoms with van der Waals surface area (Å²) < 4.78 is 0. The summed E-state index contributed by atoms with van der Waals surface area (Å²) in [5.74, 6) is -0.317. The van der Waals surface area contributed by atoms with Gasteiger partial charge in [0.2, 0.25) is 0 Å². The fraction of sp³-hybridized carbons (Fsp3) is 0.381. The van der Waals surface area contributed by atoms with Crippen molar-refractivity contribution in [3.8, 4) is 0 Å². The molecular formula is C21H25N3O3. The number of hydrogen-bond acceptors (Lipinski definition) is 4. The van der Waals surface area contributed by atoms with E-state index < -0.39 is 4.92 Å². The van der Waals surface area contributed by atoms with Crippen LogP contribution in [0.25, 0.3) is 0 Å². The lowest BCUT2D eigenvalue weighted by Crippen LogP contribution is -2.27. The molecule has 1 saturated heterocycles. The van der Waals surface area contributed by atoms with Crippen LogP contribution in [0.3, 0.4) is 0 Å². The van der Waals surface area contributed by atoms with Gasteiger partial charge in [0, 0.05) is 30.9 Å². The van der Waals surface area contributed by atoms with Gasteiger partial charge in [-0.05, 0) is 43.0 Å². The van der Waals surface area contributed by atoms with Crippen LogP contribution in [-0.4, -0.2) is 23.9 Å². The number of nitro groups is 1. The van der Waals surface area contributed by atoms with E-state index in [9.17, 15) is 14.9 Å². The highest BCUT2D eigenvalue weighted by molar-refractivity contribution is 6.08. The number of non-ortho nitro benzene ring substituents is 1. The number of rotatable bonds is 5. The normalized spacial score (nSPS) is 14.5. The molecule has 6 heteroatoms. The van der Waals surface area contributed by atoms with E-state index in [0.717, 1.165) is 38.0 Å². The largest absolute Gasteiger partial charge is 0.371 e. The molecular weight excluding hydrogens is 342 g/mol. The maximum Gasteiger partial charge on any atom is 0.270 e. The molecule has 1 heterocycles. The van der Waals surface area contributed by atoms with Crippen molar-refractivity contribution in [1.29, 1.82) is 0 Å². The third kappa shape index (κ3) is 4.64. The fourth-order valence-electron chi connectivity index (χ4n) is 3.43. The summed E-state index contributed by atoms with van der Waals surface area (Å²) in [6, 6.07) is 12.2. The Morgan fingerprint density at radius 3 is 2.33 bits per heavy atom. The first-order chi connectivity index (χ1) is 13.1. The average Bonchev–Trinajstić information content (AvgIpc) is 2.97. The summed E-state index contributed by atoms with van der Waals surface area (Å²) in [6.07, 6.45) is 5.41. The Hall–Kier alpha value is -2.89. The summed E-state index contributed by atoms with van der Waals surface area (Å²) in [4.78, 5) is 25.9. The summed E-state index contributed by atoms with van der Waals surface area (Å²) in [5, 5.41) is 14.1. The molecule has 0 spiro atoms. The quantitative estimate of drug-likeness (QED) is 0.609. The van der Waals surface area contributed by atoms with Gasteiger partial charge in [0.05, 0.1) is 16.2 Å². The van der Waals surface area contributed by atoms with Gasteiger partial charge in [0.25, 0.3) is 11.6 Å². The number of anilines is 2. The zero-order valence-corrected chi connectivity index (χ0v) is 15.6. The Kier molecular flexibility index (Phi) is 6.06. The number of carbonyl (C=O) groups excluding carboxylic acids is 1. The first-order valence-electron chi connectivity index (χ1n) is 9.52. The molecule has 0 radical (unpaired) electrons. The highest BCUT2D eigenvalue weighted by atomic mass is 16.6. The molecule has 1 aliphatic rings. The summed E-state index contributed by atoms with van der Waals surface area (Å²) in [5.41, 5.74) is 2.93. The molecule has 3 rings (SSSR count). The number of amides is 1. The van der Waals surface area contributed by atoms with E-state index in [1.807, 2.05) is 24.3 Å². The minimum absolute atomic E-state index is 0.0694. The van der Waals surface area contributed by atoms with Crippen LogP contribution in [-0.2, 0) is 6.42 Å². The lowest BCUT2D eigenvalue weighted by atomic mass is 10.1. The fourth-order valence-corrected chi connectivity index (χ4v) is 3.43. The minimum atomic E-state index is -0.459. The molecule has 1 N–H and O–H groups in total. The van der Waals surface area contributed by atoms with Crippen LogP contribution in [0, 0.1) is 10.1 Å². The van der Waals surface area contributed by atoms with E-state index in [4.69, 9.17) is 0 Å². The molecule has 27 heavy (non-hydrogen) atoms. The van der Waals surface area contributed by atoms with E-state index in [1.165, 1.54) is 30.5 Å². The van der Waals surface area contributed by atoms with Crippen LogP contribution in [0.4, 0.5) is 17.1 Å². The molecule has 1 amide bonds. The Morgan fingerprint density at radius 1 is 1.07 bits per heavy atom. The second kappa shape index (κ2) is 8.66. The average molecular weight is 367 g/mol. The van der Waals surface area contributed by atoms with E-state index in [2.05, 4.69) is 17.1 Å². The van der Waals surface area contributed by atoms with Crippen molar-refractivity contribution in [3.05, 3.63) is 63.7 Å². The zero-order chi connectivity index (χ0) is 19.2. The van der Waals surface area contributed by atoms with Gasteiger partial charge in [-0.15, -0.1) is 0 Å². The number of nitrogens with one attached hydrogen (secondary N) is 1. The van der Waals surface area contributed by atoms with Gasteiger partial charge in [-0.2, -0.15) is 0 Å². The van der Waals surface area contributed by atoms with Crippen LogP contribution >= 0.6 is 0 Å². The lowest BCUT2D eigenvalue weighted by molar-refractivity contribution is -0.384. The van der Waals surface area contributed by atoms with Gasteiger partial charge < -0.3 is 10.2 Å². The van der Waals surface area contributed by atoms with E-state index in [-0.39, 0.29) is 11.6 Å². The van der Waals surface area contributed by atoms with Crippen LogP contribution in [0.15, 0.2) is 42.5 Å². The van der Waals surface area contributed by atoms with Crippen LogP contribution in [0.1, 0.15) is 48.5 Å².